The van der Waals surface area contributed by atoms with E-state index in [4.69, 9.17) is 9.15 Å². The average molecular weight is 292 g/mol. The molecular formula is C18H12O4. The van der Waals surface area contributed by atoms with Crippen LogP contribution < -0.4 is 10.4 Å². The highest BCUT2D eigenvalue weighted by Gasteiger charge is 2.08. The van der Waals surface area contributed by atoms with Gasteiger partial charge in [-0.2, -0.15) is 0 Å². The Hall–Kier alpha value is -3.14. The van der Waals surface area contributed by atoms with E-state index in [-0.39, 0.29) is 5.75 Å². The predicted molar refractivity (Wildman–Crippen MR) is 83.6 cm³/mol. The molecule has 1 aromatic heterocycles. The third-order valence-electron chi connectivity index (χ3n) is 3.03. The molecule has 3 aromatic rings. The van der Waals surface area contributed by atoms with Gasteiger partial charge in [0.15, 0.2) is 0 Å². The Bertz CT molecular complexity index is 892. The summed E-state index contributed by atoms with van der Waals surface area (Å²) in [7, 11) is 0. The maximum Gasteiger partial charge on any atom is 0.339 e. The lowest BCUT2D eigenvalue weighted by Crippen LogP contribution is -2.07. The van der Waals surface area contributed by atoms with E-state index in [1.54, 1.807) is 30.3 Å². The fourth-order valence-corrected chi connectivity index (χ4v) is 2.04. The van der Waals surface area contributed by atoms with Crippen molar-refractivity contribution in [2.45, 2.75) is 0 Å². The smallest absolute Gasteiger partial charge is 0.339 e. The number of hydrogen-bond donors (Lipinski definition) is 0. The van der Waals surface area contributed by atoms with Crippen LogP contribution in [0.5, 0.6) is 5.75 Å². The minimum atomic E-state index is -0.562. The fourth-order valence-electron chi connectivity index (χ4n) is 2.04. The molecule has 0 aliphatic heterocycles. The Morgan fingerprint density at radius 3 is 2.55 bits per heavy atom. The molecule has 2 aromatic carbocycles. The second-order valence-corrected chi connectivity index (χ2v) is 4.59. The van der Waals surface area contributed by atoms with Crippen LogP contribution in [-0.4, -0.2) is 5.97 Å². The number of fused-ring (bicyclic) bond motifs is 1. The summed E-state index contributed by atoms with van der Waals surface area (Å²) in [6.45, 7) is 0. The lowest BCUT2D eigenvalue weighted by molar-refractivity contribution is -0.128. The number of carbonyl (C=O) groups is 1. The summed E-state index contributed by atoms with van der Waals surface area (Å²) in [6.07, 6.45) is 2.97. The number of hydrogen-bond acceptors (Lipinski definition) is 4. The second kappa shape index (κ2) is 6.10. The quantitative estimate of drug-likeness (QED) is 0.422. The summed E-state index contributed by atoms with van der Waals surface area (Å²) in [5, 5.41) is 0.573. The van der Waals surface area contributed by atoms with Crippen LogP contribution in [0.4, 0.5) is 0 Å². The maximum atomic E-state index is 11.9. The van der Waals surface area contributed by atoms with Crippen LogP contribution >= 0.6 is 0 Å². The van der Waals surface area contributed by atoms with Crippen LogP contribution in [0.25, 0.3) is 17.0 Å². The predicted octanol–water partition coefficient (Wildman–Crippen LogP) is 3.41. The summed E-state index contributed by atoms with van der Waals surface area (Å²) in [5.41, 5.74) is 0.704. The number of para-hydroxylation sites is 1. The molecule has 4 nitrogen and oxygen atoms in total. The van der Waals surface area contributed by atoms with E-state index in [0.29, 0.717) is 11.0 Å². The van der Waals surface area contributed by atoms with Crippen molar-refractivity contribution >= 4 is 23.0 Å². The molecule has 22 heavy (non-hydrogen) atoms. The number of carbonyl (C=O) groups excluding carboxylic acids is 1. The molecule has 0 amide bonds. The summed E-state index contributed by atoms with van der Waals surface area (Å²) >= 11 is 0. The standard InChI is InChI=1S/C18H12O4/c19-17(11-10-13-6-2-1-3-7-13)22-16-12-18(20)21-15-9-5-4-8-14(15)16/h1-12H/b11-10+. The number of benzene rings is 2. The Balaban J connectivity index is 1.85. The van der Waals surface area contributed by atoms with E-state index in [9.17, 15) is 9.59 Å². The maximum absolute atomic E-state index is 11.9. The SMILES string of the molecule is O=C(/C=C/c1ccccc1)Oc1cc(=O)oc2ccccc12. The van der Waals surface area contributed by atoms with Gasteiger partial charge in [-0.05, 0) is 23.8 Å². The fraction of sp³-hybridized carbons (Fsp3) is 0. The van der Waals surface area contributed by atoms with Crippen LogP contribution in [0.15, 0.2) is 76.0 Å². The Morgan fingerprint density at radius 2 is 1.73 bits per heavy atom. The van der Waals surface area contributed by atoms with Crippen LogP contribution in [-0.2, 0) is 4.79 Å². The molecule has 0 radical (unpaired) electrons. The van der Waals surface area contributed by atoms with Crippen molar-refractivity contribution in [1.82, 2.24) is 0 Å². The zero-order chi connectivity index (χ0) is 15.4. The Kier molecular flexibility index (Phi) is 3.83. The molecule has 0 bridgehead atoms. The first-order chi connectivity index (χ1) is 10.7. The highest BCUT2D eigenvalue weighted by Crippen LogP contribution is 2.23. The summed E-state index contributed by atoms with van der Waals surface area (Å²) in [4.78, 5) is 23.4. The number of rotatable bonds is 3. The van der Waals surface area contributed by atoms with Gasteiger partial charge >= 0.3 is 11.6 Å². The van der Waals surface area contributed by atoms with Gasteiger partial charge in [-0.15, -0.1) is 0 Å². The van der Waals surface area contributed by atoms with E-state index in [2.05, 4.69) is 0 Å². The van der Waals surface area contributed by atoms with Crippen molar-refractivity contribution in [1.29, 1.82) is 0 Å². The highest BCUT2D eigenvalue weighted by molar-refractivity contribution is 5.92. The normalized spacial score (nSPS) is 10.9. The second-order valence-electron chi connectivity index (χ2n) is 4.59. The van der Waals surface area contributed by atoms with Gasteiger partial charge < -0.3 is 9.15 Å². The summed E-state index contributed by atoms with van der Waals surface area (Å²) in [5.74, 6) is -0.367. The van der Waals surface area contributed by atoms with Gasteiger partial charge in [0.2, 0.25) is 0 Å². The van der Waals surface area contributed by atoms with Crippen molar-refractivity contribution in [3.05, 3.63) is 82.7 Å². The minimum Gasteiger partial charge on any atom is -0.422 e. The molecule has 0 fully saturated rings. The van der Waals surface area contributed by atoms with Gasteiger partial charge in [-0.3, -0.25) is 0 Å². The van der Waals surface area contributed by atoms with Crippen LogP contribution in [0.2, 0.25) is 0 Å². The largest absolute Gasteiger partial charge is 0.422 e. The Morgan fingerprint density at radius 1 is 1.00 bits per heavy atom. The van der Waals surface area contributed by atoms with Gasteiger partial charge in [0.1, 0.15) is 11.3 Å². The van der Waals surface area contributed by atoms with E-state index in [1.165, 1.54) is 6.08 Å². The van der Waals surface area contributed by atoms with E-state index < -0.39 is 11.6 Å². The highest BCUT2D eigenvalue weighted by atomic mass is 16.5. The van der Waals surface area contributed by atoms with Crippen molar-refractivity contribution in [2.75, 3.05) is 0 Å². The van der Waals surface area contributed by atoms with E-state index in [0.717, 1.165) is 11.6 Å². The lowest BCUT2D eigenvalue weighted by atomic mass is 10.2. The number of esters is 1. The minimum absolute atomic E-state index is 0.189. The summed E-state index contributed by atoms with van der Waals surface area (Å²) < 4.78 is 10.3. The molecular weight excluding hydrogens is 280 g/mol. The molecule has 0 saturated carbocycles. The molecule has 108 valence electrons. The van der Waals surface area contributed by atoms with E-state index >= 15 is 0 Å². The topological polar surface area (TPSA) is 56.5 Å². The lowest BCUT2D eigenvalue weighted by Gasteiger charge is -2.04. The van der Waals surface area contributed by atoms with E-state index in [1.807, 2.05) is 30.3 Å². The third-order valence-corrected chi connectivity index (χ3v) is 3.03. The Labute approximate surface area is 126 Å². The van der Waals surface area contributed by atoms with Gasteiger partial charge in [0.05, 0.1) is 11.5 Å². The first-order valence-corrected chi connectivity index (χ1v) is 6.70. The molecule has 1 heterocycles. The van der Waals surface area contributed by atoms with Crippen LogP contribution in [0.1, 0.15) is 5.56 Å². The van der Waals surface area contributed by atoms with Crippen LogP contribution in [0.3, 0.4) is 0 Å². The van der Waals surface area contributed by atoms with Gasteiger partial charge in [-0.25, -0.2) is 9.59 Å². The third kappa shape index (κ3) is 3.12. The molecule has 0 aliphatic rings. The van der Waals surface area contributed by atoms with Gasteiger partial charge in [-0.1, -0.05) is 42.5 Å². The van der Waals surface area contributed by atoms with Crippen molar-refractivity contribution in [3.8, 4) is 5.75 Å². The first kappa shape index (κ1) is 13.8. The average Bonchev–Trinajstić information content (AvgIpc) is 2.54. The zero-order valence-corrected chi connectivity index (χ0v) is 11.6. The molecule has 0 saturated heterocycles. The molecule has 0 spiro atoms. The molecule has 0 N–H and O–H groups in total. The van der Waals surface area contributed by atoms with Crippen molar-refractivity contribution < 1.29 is 13.9 Å². The summed E-state index contributed by atoms with van der Waals surface area (Å²) in [6, 6.07) is 17.4. The molecule has 0 aliphatic carbocycles. The monoisotopic (exact) mass is 292 g/mol. The first-order valence-electron chi connectivity index (χ1n) is 6.70. The molecule has 4 heteroatoms. The van der Waals surface area contributed by atoms with Crippen LogP contribution in [0, 0.1) is 0 Å². The van der Waals surface area contributed by atoms with Crippen molar-refractivity contribution in [2.24, 2.45) is 0 Å². The zero-order valence-electron chi connectivity index (χ0n) is 11.6. The molecule has 0 atom stereocenters. The van der Waals surface area contributed by atoms with Gasteiger partial charge in [0, 0.05) is 6.08 Å². The molecule has 3 rings (SSSR count). The van der Waals surface area contributed by atoms with Gasteiger partial charge in [0.25, 0.3) is 0 Å². The number of ether oxygens (including phenoxy) is 1. The molecule has 0 unspecified atom stereocenters. The van der Waals surface area contributed by atoms with Crippen molar-refractivity contribution in [3.63, 3.8) is 0 Å².